The van der Waals surface area contributed by atoms with Gasteiger partial charge in [-0.05, 0) is 12.1 Å². The average Bonchev–Trinajstić information content (AvgIpc) is 2.97. The first-order chi connectivity index (χ1) is 11.0. The minimum Gasteiger partial charge on any atom is -0.363 e. The van der Waals surface area contributed by atoms with Crippen molar-refractivity contribution in [3.8, 4) is 0 Å². The molecule has 6 heteroatoms. The first-order valence-corrected chi connectivity index (χ1v) is 7.66. The molecule has 3 rings (SSSR count). The number of amides is 2. The number of fused-ring (bicyclic) bond motifs is 1. The van der Waals surface area contributed by atoms with Gasteiger partial charge < -0.3 is 15.5 Å². The van der Waals surface area contributed by atoms with E-state index in [1.807, 2.05) is 43.3 Å². The summed E-state index contributed by atoms with van der Waals surface area (Å²) in [5, 5.41) is 6.55. The molecule has 2 N–H and O–H groups in total. The largest absolute Gasteiger partial charge is 0.363 e. The molecule has 0 saturated carbocycles. The van der Waals surface area contributed by atoms with Gasteiger partial charge in [0.15, 0.2) is 0 Å². The van der Waals surface area contributed by atoms with Crippen molar-refractivity contribution in [2.24, 2.45) is 5.92 Å². The smallest absolute Gasteiger partial charge is 0.252 e. The van der Waals surface area contributed by atoms with Crippen LogP contribution in [0.4, 0.5) is 5.82 Å². The Balaban J connectivity index is 1.85. The first-order valence-electron chi connectivity index (χ1n) is 7.66. The predicted octanol–water partition coefficient (Wildman–Crippen LogP) is 1.17. The zero-order chi connectivity index (χ0) is 16.4. The van der Waals surface area contributed by atoms with E-state index in [-0.39, 0.29) is 17.7 Å². The van der Waals surface area contributed by atoms with Crippen molar-refractivity contribution >= 4 is 28.5 Å². The van der Waals surface area contributed by atoms with Crippen LogP contribution in [-0.2, 0) is 4.79 Å². The number of hydrogen-bond donors (Lipinski definition) is 2. The molecule has 6 nitrogen and oxygen atoms in total. The summed E-state index contributed by atoms with van der Waals surface area (Å²) in [4.78, 5) is 30.3. The lowest BCUT2D eigenvalue weighted by Gasteiger charge is -2.15. The fraction of sp³-hybridized carbons (Fsp3) is 0.353. The Morgan fingerprint density at radius 2 is 2.17 bits per heavy atom. The number of pyridine rings is 1. The van der Waals surface area contributed by atoms with Crippen LogP contribution in [0, 0.1) is 5.92 Å². The van der Waals surface area contributed by atoms with Crippen molar-refractivity contribution in [3.63, 3.8) is 0 Å². The summed E-state index contributed by atoms with van der Waals surface area (Å²) in [6.45, 7) is 1.12. The van der Waals surface area contributed by atoms with E-state index in [0.717, 1.165) is 16.7 Å². The highest BCUT2D eigenvalue weighted by Crippen LogP contribution is 2.22. The Hall–Kier alpha value is -2.63. The second-order valence-corrected chi connectivity index (χ2v) is 6.02. The van der Waals surface area contributed by atoms with Crippen molar-refractivity contribution < 1.29 is 9.59 Å². The highest BCUT2D eigenvalue weighted by atomic mass is 16.2. The summed E-state index contributed by atoms with van der Waals surface area (Å²) in [6, 6.07) is 9.41. The molecule has 0 aliphatic carbocycles. The average molecular weight is 312 g/mol. The summed E-state index contributed by atoms with van der Waals surface area (Å²) < 4.78 is 0. The van der Waals surface area contributed by atoms with E-state index in [2.05, 4.69) is 15.6 Å². The van der Waals surface area contributed by atoms with Gasteiger partial charge >= 0.3 is 0 Å². The minimum atomic E-state index is -0.133. The summed E-state index contributed by atoms with van der Waals surface area (Å²) in [6.07, 6.45) is 0.473. The molecule has 2 aromatic rings. The van der Waals surface area contributed by atoms with Crippen molar-refractivity contribution in [1.29, 1.82) is 0 Å². The van der Waals surface area contributed by atoms with Crippen LogP contribution < -0.4 is 15.5 Å². The van der Waals surface area contributed by atoms with Crippen molar-refractivity contribution in [2.45, 2.75) is 6.42 Å². The number of hydrogen-bond acceptors (Lipinski definition) is 4. The van der Waals surface area contributed by atoms with Crippen LogP contribution in [0.25, 0.3) is 10.9 Å². The topological polar surface area (TPSA) is 74.3 Å². The number of anilines is 1. The number of carbonyl (C=O) groups excluding carboxylic acids is 2. The van der Waals surface area contributed by atoms with Gasteiger partial charge in [0.25, 0.3) is 5.91 Å². The lowest BCUT2D eigenvalue weighted by Crippen LogP contribution is -2.30. The molecule has 1 aromatic heterocycles. The molecular weight excluding hydrogens is 292 g/mol. The second kappa shape index (κ2) is 6.24. The molecule has 1 aromatic carbocycles. The molecule has 1 fully saturated rings. The molecule has 1 atom stereocenters. The number of rotatable bonds is 4. The van der Waals surface area contributed by atoms with Crippen LogP contribution in [0.1, 0.15) is 16.8 Å². The zero-order valence-electron chi connectivity index (χ0n) is 13.3. The molecule has 1 unspecified atom stereocenters. The number of carbonyl (C=O) groups is 2. The third-order valence-corrected chi connectivity index (χ3v) is 4.02. The van der Waals surface area contributed by atoms with Gasteiger partial charge in [0.1, 0.15) is 5.82 Å². The van der Waals surface area contributed by atoms with E-state index in [4.69, 9.17) is 0 Å². The van der Waals surface area contributed by atoms with Gasteiger partial charge in [-0.25, -0.2) is 4.98 Å². The maximum absolute atomic E-state index is 12.6. The molecular formula is C17H20N4O2. The van der Waals surface area contributed by atoms with Crippen molar-refractivity contribution in [3.05, 3.63) is 35.9 Å². The minimum absolute atomic E-state index is 0.0495. The van der Waals surface area contributed by atoms with Gasteiger partial charge in [-0.15, -0.1) is 0 Å². The van der Waals surface area contributed by atoms with E-state index in [1.165, 1.54) is 0 Å². The quantitative estimate of drug-likeness (QED) is 0.889. The van der Waals surface area contributed by atoms with Crippen LogP contribution in [0.15, 0.2) is 30.3 Å². The Bertz CT molecular complexity index is 757. The van der Waals surface area contributed by atoms with E-state index < -0.39 is 0 Å². The fourth-order valence-corrected chi connectivity index (χ4v) is 2.72. The zero-order valence-corrected chi connectivity index (χ0v) is 13.3. The molecule has 1 aliphatic heterocycles. The molecule has 23 heavy (non-hydrogen) atoms. The highest BCUT2D eigenvalue weighted by molar-refractivity contribution is 6.07. The number of para-hydroxylation sites is 1. The maximum Gasteiger partial charge on any atom is 0.252 e. The van der Waals surface area contributed by atoms with Gasteiger partial charge in [-0.1, -0.05) is 18.2 Å². The highest BCUT2D eigenvalue weighted by Gasteiger charge is 2.22. The third-order valence-electron chi connectivity index (χ3n) is 4.02. The molecule has 0 bridgehead atoms. The molecule has 2 amide bonds. The molecule has 0 spiro atoms. The third kappa shape index (κ3) is 3.26. The molecule has 1 saturated heterocycles. The van der Waals surface area contributed by atoms with E-state index in [1.54, 1.807) is 6.07 Å². The lowest BCUT2D eigenvalue weighted by atomic mass is 10.1. The lowest BCUT2D eigenvalue weighted by molar-refractivity contribution is -0.119. The first kappa shape index (κ1) is 15.3. The summed E-state index contributed by atoms with van der Waals surface area (Å²) >= 11 is 0. The van der Waals surface area contributed by atoms with Crippen LogP contribution in [0.5, 0.6) is 0 Å². The van der Waals surface area contributed by atoms with Gasteiger partial charge in [0.2, 0.25) is 5.91 Å². The molecule has 1 aliphatic rings. The van der Waals surface area contributed by atoms with Gasteiger partial charge in [-0.2, -0.15) is 0 Å². The van der Waals surface area contributed by atoms with E-state index in [9.17, 15) is 9.59 Å². The molecule has 2 heterocycles. The number of nitrogens with zero attached hydrogens (tertiary/aromatic N) is 2. The van der Waals surface area contributed by atoms with Crippen LogP contribution >= 0.6 is 0 Å². The van der Waals surface area contributed by atoms with E-state index in [0.29, 0.717) is 25.1 Å². The Labute approximate surface area is 134 Å². The number of aromatic nitrogens is 1. The summed E-state index contributed by atoms with van der Waals surface area (Å²) in [5.74, 6) is 0.819. The SMILES string of the molecule is CN(C)c1cc(C(=O)NCC2CNC(=O)C2)c2ccccc2n1. The maximum atomic E-state index is 12.6. The standard InChI is InChI=1S/C17H20N4O2/c1-21(2)15-8-13(12-5-3-4-6-14(12)20-15)17(23)19-10-11-7-16(22)18-9-11/h3-6,8,11H,7,9-10H2,1-2H3,(H,18,22)(H,19,23). The monoisotopic (exact) mass is 312 g/mol. The number of benzene rings is 1. The predicted molar refractivity (Wildman–Crippen MR) is 89.5 cm³/mol. The Morgan fingerprint density at radius 1 is 1.39 bits per heavy atom. The van der Waals surface area contributed by atoms with Crippen LogP contribution in [0.3, 0.4) is 0 Å². The normalized spacial score (nSPS) is 17.1. The Morgan fingerprint density at radius 3 is 2.87 bits per heavy atom. The Kier molecular flexibility index (Phi) is 4.14. The summed E-state index contributed by atoms with van der Waals surface area (Å²) in [5.41, 5.74) is 1.40. The number of nitrogens with one attached hydrogen (secondary N) is 2. The van der Waals surface area contributed by atoms with Gasteiger partial charge in [0.05, 0.1) is 11.1 Å². The van der Waals surface area contributed by atoms with Crippen LogP contribution in [0.2, 0.25) is 0 Å². The van der Waals surface area contributed by atoms with Gasteiger partial charge in [0, 0.05) is 44.9 Å². The summed E-state index contributed by atoms with van der Waals surface area (Å²) in [7, 11) is 3.79. The van der Waals surface area contributed by atoms with Crippen molar-refractivity contribution in [1.82, 2.24) is 15.6 Å². The van der Waals surface area contributed by atoms with Crippen molar-refractivity contribution in [2.75, 3.05) is 32.1 Å². The van der Waals surface area contributed by atoms with E-state index >= 15 is 0 Å². The fourth-order valence-electron chi connectivity index (χ4n) is 2.72. The van der Waals surface area contributed by atoms with Gasteiger partial charge in [-0.3, -0.25) is 9.59 Å². The second-order valence-electron chi connectivity index (χ2n) is 6.02. The molecule has 120 valence electrons. The van der Waals surface area contributed by atoms with Crippen LogP contribution in [-0.4, -0.2) is 44.0 Å². The molecule has 0 radical (unpaired) electrons.